The number of urea groups is 1. The molecule has 0 aliphatic rings. The van der Waals surface area contributed by atoms with E-state index in [9.17, 15) is 18.0 Å². The normalized spacial score (nSPS) is 11.1. The number of nitrogen functional groups attached to an aromatic ring is 2. The Labute approximate surface area is 148 Å². The van der Waals surface area contributed by atoms with Crippen LogP contribution in [0.2, 0.25) is 0 Å². The van der Waals surface area contributed by atoms with Crippen LogP contribution in [0.5, 0.6) is 5.75 Å². The Kier molecular flexibility index (Phi) is 5.81. The highest BCUT2D eigenvalue weighted by Gasteiger charge is 2.31. The van der Waals surface area contributed by atoms with Gasteiger partial charge in [0.1, 0.15) is 5.75 Å². The lowest BCUT2D eigenvalue weighted by Crippen LogP contribution is -2.30. The van der Waals surface area contributed by atoms with E-state index < -0.39 is 17.8 Å². The molecule has 0 saturated carbocycles. The van der Waals surface area contributed by atoms with Crippen LogP contribution in [0, 0.1) is 0 Å². The van der Waals surface area contributed by atoms with Gasteiger partial charge < -0.3 is 26.8 Å². The van der Waals surface area contributed by atoms with Crippen molar-refractivity contribution in [1.82, 2.24) is 5.32 Å². The van der Waals surface area contributed by atoms with E-state index in [-0.39, 0.29) is 18.0 Å². The first-order valence-electron chi connectivity index (χ1n) is 7.64. The van der Waals surface area contributed by atoms with Crippen molar-refractivity contribution in [3.8, 4) is 5.75 Å². The van der Waals surface area contributed by atoms with Gasteiger partial charge in [-0.05, 0) is 42.3 Å². The molecule has 0 saturated heterocycles. The quantitative estimate of drug-likeness (QED) is 0.609. The van der Waals surface area contributed by atoms with E-state index >= 15 is 0 Å². The zero-order valence-electron chi connectivity index (χ0n) is 14.0. The molecule has 0 radical (unpaired) electrons. The SMILES string of the molecule is COc1ccc(C(F)(F)F)cc1NC(=O)NCCc1ccc(N)c(N)c1. The number of ether oxygens (including phenoxy) is 1. The Hall–Kier alpha value is -3.10. The highest BCUT2D eigenvalue weighted by Crippen LogP contribution is 2.34. The van der Waals surface area contributed by atoms with Crippen LogP contribution in [0.1, 0.15) is 11.1 Å². The number of benzene rings is 2. The number of alkyl halides is 3. The van der Waals surface area contributed by atoms with Crippen molar-refractivity contribution in [3.63, 3.8) is 0 Å². The monoisotopic (exact) mass is 368 g/mol. The van der Waals surface area contributed by atoms with Crippen molar-refractivity contribution in [2.45, 2.75) is 12.6 Å². The highest BCUT2D eigenvalue weighted by atomic mass is 19.4. The maximum atomic E-state index is 12.8. The van der Waals surface area contributed by atoms with Crippen molar-refractivity contribution in [2.75, 3.05) is 30.4 Å². The van der Waals surface area contributed by atoms with Gasteiger partial charge in [0.15, 0.2) is 0 Å². The molecule has 9 heteroatoms. The summed E-state index contributed by atoms with van der Waals surface area (Å²) in [6.45, 7) is 0.260. The molecule has 2 aromatic rings. The smallest absolute Gasteiger partial charge is 0.416 e. The van der Waals surface area contributed by atoms with E-state index in [4.69, 9.17) is 16.2 Å². The van der Waals surface area contributed by atoms with Crippen molar-refractivity contribution in [3.05, 3.63) is 47.5 Å². The summed E-state index contributed by atoms with van der Waals surface area (Å²) < 4.78 is 43.4. The van der Waals surface area contributed by atoms with Crippen molar-refractivity contribution in [1.29, 1.82) is 0 Å². The number of halogens is 3. The minimum atomic E-state index is -4.52. The van der Waals surface area contributed by atoms with Crippen LogP contribution in [0.4, 0.5) is 35.0 Å². The van der Waals surface area contributed by atoms with Crippen LogP contribution in [-0.2, 0) is 12.6 Å². The minimum Gasteiger partial charge on any atom is -0.495 e. The molecule has 0 bridgehead atoms. The zero-order chi connectivity index (χ0) is 19.3. The van der Waals surface area contributed by atoms with Gasteiger partial charge in [0, 0.05) is 6.54 Å². The Morgan fingerprint density at radius 2 is 1.85 bits per heavy atom. The fourth-order valence-corrected chi connectivity index (χ4v) is 2.25. The molecule has 140 valence electrons. The molecule has 2 aromatic carbocycles. The third kappa shape index (κ3) is 4.95. The topological polar surface area (TPSA) is 102 Å². The first kappa shape index (κ1) is 19.2. The van der Waals surface area contributed by atoms with Gasteiger partial charge in [-0.25, -0.2) is 4.79 Å². The summed E-state index contributed by atoms with van der Waals surface area (Å²) >= 11 is 0. The number of carbonyl (C=O) groups excluding carboxylic acids is 1. The van der Waals surface area contributed by atoms with Crippen LogP contribution in [0.15, 0.2) is 36.4 Å². The van der Waals surface area contributed by atoms with Crippen LogP contribution in [0.3, 0.4) is 0 Å². The lowest BCUT2D eigenvalue weighted by Gasteiger charge is -2.14. The maximum absolute atomic E-state index is 12.8. The molecule has 6 nitrogen and oxygen atoms in total. The molecule has 0 atom stereocenters. The van der Waals surface area contributed by atoms with Gasteiger partial charge in [0.2, 0.25) is 0 Å². The molecule has 0 fully saturated rings. The van der Waals surface area contributed by atoms with Crippen LogP contribution in [0.25, 0.3) is 0 Å². The number of anilines is 3. The lowest BCUT2D eigenvalue weighted by atomic mass is 10.1. The summed E-state index contributed by atoms with van der Waals surface area (Å²) in [7, 11) is 1.30. The molecule has 6 N–H and O–H groups in total. The van der Waals surface area contributed by atoms with Crippen LogP contribution in [-0.4, -0.2) is 19.7 Å². The fourth-order valence-electron chi connectivity index (χ4n) is 2.25. The summed E-state index contributed by atoms with van der Waals surface area (Å²) in [5.41, 5.74) is 12.2. The van der Waals surface area contributed by atoms with Gasteiger partial charge in [-0.1, -0.05) is 6.07 Å². The lowest BCUT2D eigenvalue weighted by molar-refractivity contribution is -0.137. The van der Waals surface area contributed by atoms with E-state index in [2.05, 4.69) is 10.6 Å². The third-order valence-electron chi connectivity index (χ3n) is 3.63. The number of carbonyl (C=O) groups is 1. The Morgan fingerprint density at radius 3 is 2.46 bits per heavy atom. The molecule has 2 amide bonds. The molecule has 0 aliphatic carbocycles. The number of methoxy groups -OCH3 is 1. The number of nitrogens with two attached hydrogens (primary N) is 2. The summed E-state index contributed by atoms with van der Waals surface area (Å²) in [4.78, 5) is 11.9. The Bertz CT molecular complexity index is 794. The first-order valence-corrected chi connectivity index (χ1v) is 7.64. The van der Waals surface area contributed by atoms with E-state index in [1.165, 1.54) is 7.11 Å². The minimum absolute atomic E-state index is 0.0726. The van der Waals surface area contributed by atoms with Gasteiger partial charge in [0.25, 0.3) is 0 Å². The molecule has 0 unspecified atom stereocenters. The summed E-state index contributed by atoms with van der Waals surface area (Å²) in [6, 6.07) is 7.35. The second-order valence-corrected chi connectivity index (χ2v) is 5.51. The predicted molar refractivity (Wildman–Crippen MR) is 94.0 cm³/mol. The Balaban J connectivity index is 1.97. The molecule has 0 aromatic heterocycles. The number of amides is 2. The first-order chi connectivity index (χ1) is 12.2. The largest absolute Gasteiger partial charge is 0.495 e. The fraction of sp³-hybridized carbons (Fsp3) is 0.235. The van der Waals surface area contributed by atoms with Gasteiger partial charge in [-0.3, -0.25) is 0 Å². The summed E-state index contributed by atoms with van der Waals surface area (Å²) in [6.07, 6.45) is -4.04. The molecule has 0 aliphatic heterocycles. The van der Waals surface area contributed by atoms with Crippen LogP contribution < -0.4 is 26.8 Å². The van der Waals surface area contributed by atoms with Gasteiger partial charge in [-0.2, -0.15) is 13.2 Å². The van der Waals surface area contributed by atoms with E-state index in [0.717, 1.165) is 23.8 Å². The van der Waals surface area contributed by atoms with Crippen molar-refractivity contribution < 1.29 is 22.7 Å². The molecule has 2 rings (SSSR count). The van der Waals surface area contributed by atoms with Crippen molar-refractivity contribution >= 4 is 23.1 Å². The predicted octanol–water partition coefficient (Wildman–Crippen LogP) is 3.24. The number of hydrogen-bond donors (Lipinski definition) is 4. The van der Waals surface area contributed by atoms with Gasteiger partial charge >= 0.3 is 12.2 Å². The third-order valence-corrected chi connectivity index (χ3v) is 3.63. The van der Waals surface area contributed by atoms with Crippen LogP contribution >= 0.6 is 0 Å². The molecular weight excluding hydrogens is 349 g/mol. The molecule has 26 heavy (non-hydrogen) atoms. The second kappa shape index (κ2) is 7.85. The van der Waals surface area contributed by atoms with E-state index in [1.54, 1.807) is 18.2 Å². The maximum Gasteiger partial charge on any atom is 0.416 e. The van der Waals surface area contributed by atoms with Crippen molar-refractivity contribution in [2.24, 2.45) is 0 Å². The Morgan fingerprint density at radius 1 is 1.12 bits per heavy atom. The van der Waals surface area contributed by atoms with Gasteiger partial charge in [-0.15, -0.1) is 0 Å². The molecule has 0 heterocycles. The highest BCUT2D eigenvalue weighted by molar-refractivity contribution is 5.91. The van der Waals surface area contributed by atoms with E-state index in [1.807, 2.05) is 0 Å². The summed E-state index contributed by atoms with van der Waals surface area (Å²) in [5, 5.41) is 4.93. The number of rotatable bonds is 5. The van der Waals surface area contributed by atoms with Gasteiger partial charge in [0.05, 0.1) is 29.7 Å². The number of hydrogen-bond acceptors (Lipinski definition) is 4. The second-order valence-electron chi connectivity index (χ2n) is 5.51. The average Bonchev–Trinajstić information content (AvgIpc) is 2.57. The average molecular weight is 368 g/mol. The zero-order valence-corrected chi connectivity index (χ0v) is 14.0. The standard InChI is InChI=1S/C17H19F3N4O2/c1-26-15-5-3-11(17(18,19)20)9-14(15)24-16(25)23-7-6-10-2-4-12(21)13(22)8-10/h2-5,8-9H,6-7,21-22H2,1H3,(H2,23,24,25). The molecule has 0 spiro atoms. The summed E-state index contributed by atoms with van der Waals surface area (Å²) in [5.74, 6) is 0.124. The van der Waals surface area contributed by atoms with E-state index in [0.29, 0.717) is 17.8 Å². The number of nitrogens with one attached hydrogen (secondary N) is 2. The molecular formula is C17H19F3N4O2.